The van der Waals surface area contributed by atoms with E-state index < -0.39 is 0 Å². The first-order valence-electron chi connectivity index (χ1n) is 7.31. The number of rotatable bonds is 3. The number of benzene rings is 1. The first-order valence-corrected chi connectivity index (χ1v) is 8.10. The van der Waals surface area contributed by atoms with Crippen molar-refractivity contribution in [2.75, 3.05) is 0 Å². The molecule has 0 amide bonds. The maximum absolute atomic E-state index is 13.9. The van der Waals surface area contributed by atoms with E-state index in [1.54, 1.807) is 6.07 Å². The lowest BCUT2D eigenvalue weighted by Gasteiger charge is -2.36. The highest BCUT2D eigenvalue weighted by atomic mass is 79.9. The average Bonchev–Trinajstić information content (AvgIpc) is 2.43. The van der Waals surface area contributed by atoms with Crippen molar-refractivity contribution in [1.29, 1.82) is 5.26 Å². The van der Waals surface area contributed by atoms with Crippen LogP contribution in [-0.2, 0) is 6.42 Å². The highest BCUT2D eigenvalue weighted by molar-refractivity contribution is 9.10. The Bertz CT molecular complexity index is 510. The zero-order chi connectivity index (χ0) is 14.8. The first kappa shape index (κ1) is 15.5. The summed E-state index contributed by atoms with van der Waals surface area (Å²) in [4.78, 5) is 0. The molecule has 2 rings (SSSR count). The highest BCUT2D eigenvalue weighted by Gasteiger charge is 2.37. The van der Waals surface area contributed by atoms with E-state index in [9.17, 15) is 9.65 Å². The third-order valence-electron chi connectivity index (χ3n) is 4.70. The standard InChI is InChI=1S/C17H21BrFN/c1-12(2)13-5-7-17(11-20,8-6-13)10-14-9-15(18)3-4-16(14)19/h3-4,9,12-13H,5-8,10H2,1-2H3. The van der Waals surface area contributed by atoms with Crippen molar-refractivity contribution in [3.05, 3.63) is 34.1 Å². The number of hydrogen-bond acceptors (Lipinski definition) is 1. The topological polar surface area (TPSA) is 23.8 Å². The third kappa shape index (κ3) is 3.41. The van der Waals surface area contributed by atoms with Gasteiger partial charge in [0.2, 0.25) is 0 Å². The summed E-state index contributed by atoms with van der Waals surface area (Å²) in [6.45, 7) is 4.50. The Morgan fingerprint density at radius 3 is 2.60 bits per heavy atom. The maximum atomic E-state index is 13.9. The van der Waals surface area contributed by atoms with Crippen LogP contribution in [-0.4, -0.2) is 0 Å². The molecule has 1 fully saturated rings. The fraction of sp³-hybridized carbons (Fsp3) is 0.588. The summed E-state index contributed by atoms with van der Waals surface area (Å²) in [5.41, 5.74) is 0.274. The summed E-state index contributed by atoms with van der Waals surface area (Å²) in [5, 5.41) is 9.60. The fourth-order valence-electron chi connectivity index (χ4n) is 3.23. The molecule has 0 bridgehead atoms. The Morgan fingerprint density at radius 1 is 1.40 bits per heavy atom. The van der Waals surface area contributed by atoms with Gasteiger partial charge in [0.05, 0.1) is 11.5 Å². The van der Waals surface area contributed by atoms with Gasteiger partial charge in [0.15, 0.2) is 0 Å². The summed E-state index contributed by atoms with van der Waals surface area (Å²) < 4.78 is 14.8. The van der Waals surface area contributed by atoms with Crippen molar-refractivity contribution in [2.24, 2.45) is 17.3 Å². The molecule has 1 aliphatic rings. The number of hydrogen-bond donors (Lipinski definition) is 0. The van der Waals surface area contributed by atoms with E-state index in [1.807, 2.05) is 6.07 Å². The highest BCUT2D eigenvalue weighted by Crippen LogP contribution is 2.43. The molecule has 1 nitrogen and oxygen atoms in total. The van der Waals surface area contributed by atoms with Gasteiger partial charge in [-0.15, -0.1) is 0 Å². The van der Waals surface area contributed by atoms with Crippen LogP contribution in [0.25, 0.3) is 0 Å². The van der Waals surface area contributed by atoms with Crippen molar-refractivity contribution in [2.45, 2.75) is 46.0 Å². The summed E-state index contributed by atoms with van der Waals surface area (Å²) in [7, 11) is 0. The monoisotopic (exact) mass is 337 g/mol. The number of nitrogens with zero attached hydrogens (tertiary/aromatic N) is 1. The molecule has 1 aromatic rings. The predicted octanol–water partition coefficient (Wildman–Crippen LogP) is 5.49. The quantitative estimate of drug-likeness (QED) is 0.715. The van der Waals surface area contributed by atoms with Crippen molar-refractivity contribution in [1.82, 2.24) is 0 Å². The molecular formula is C17H21BrFN. The first-order chi connectivity index (χ1) is 9.46. The SMILES string of the molecule is CC(C)C1CCC(C#N)(Cc2cc(Br)ccc2F)CC1. The molecule has 0 aromatic heterocycles. The molecule has 0 saturated heterocycles. The van der Waals surface area contributed by atoms with Gasteiger partial charge in [0, 0.05) is 4.47 Å². The molecule has 0 heterocycles. The zero-order valence-electron chi connectivity index (χ0n) is 12.1. The van der Waals surface area contributed by atoms with Gasteiger partial charge in [-0.2, -0.15) is 5.26 Å². The van der Waals surface area contributed by atoms with Gasteiger partial charge in [0.25, 0.3) is 0 Å². The molecule has 108 valence electrons. The molecule has 1 saturated carbocycles. The third-order valence-corrected chi connectivity index (χ3v) is 5.20. The van der Waals surface area contributed by atoms with Crippen molar-refractivity contribution in [3.8, 4) is 6.07 Å². The van der Waals surface area contributed by atoms with E-state index in [4.69, 9.17) is 0 Å². The summed E-state index contributed by atoms with van der Waals surface area (Å²) in [6.07, 6.45) is 4.47. The lowest BCUT2D eigenvalue weighted by Crippen LogP contribution is -2.30. The minimum absolute atomic E-state index is 0.200. The second kappa shape index (κ2) is 6.26. The van der Waals surface area contributed by atoms with Gasteiger partial charge in [0.1, 0.15) is 5.82 Å². The molecular weight excluding hydrogens is 317 g/mol. The molecule has 0 N–H and O–H groups in total. The second-order valence-corrected chi connectivity index (χ2v) is 7.30. The largest absolute Gasteiger partial charge is 0.207 e. The van der Waals surface area contributed by atoms with Crippen LogP contribution in [0.15, 0.2) is 22.7 Å². The Morgan fingerprint density at radius 2 is 2.05 bits per heavy atom. The molecule has 20 heavy (non-hydrogen) atoms. The normalized spacial score (nSPS) is 26.5. The Hall–Kier alpha value is -0.880. The second-order valence-electron chi connectivity index (χ2n) is 6.39. The van der Waals surface area contributed by atoms with Crippen LogP contribution in [0.2, 0.25) is 0 Å². The van der Waals surface area contributed by atoms with Crippen LogP contribution in [0.5, 0.6) is 0 Å². The molecule has 0 unspecified atom stereocenters. The fourth-order valence-corrected chi connectivity index (χ4v) is 3.64. The van der Waals surface area contributed by atoms with Crippen LogP contribution >= 0.6 is 15.9 Å². The van der Waals surface area contributed by atoms with E-state index in [1.165, 1.54) is 6.07 Å². The van der Waals surface area contributed by atoms with Crippen molar-refractivity contribution >= 4 is 15.9 Å². The van der Waals surface area contributed by atoms with Crippen molar-refractivity contribution < 1.29 is 4.39 Å². The molecule has 3 heteroatoms. The Labute approximate surface area is 129 Å². The van der Waals surface area contributed by atoms with Crippen LogP contribution < -0.4 is 0 Å². The number of nitriles is 1. The summed E-state index contributed by atoms with van der Waals surface area (Å²) >= 11 is 3.38. The van der Waals surface area contributed by atoms with Gasteiger partial charge in [-0.05, 0) is 67.7 Å². The van der Waals surface area contributed by atoms with Gasteiger partial charge < -0.3 is 0 Å². The Balaban J connectivity index is 2.14. The lowest BCUT2D eigenvalue weighted by molar-refractivity contribution is 0.174. The molecule has 0 aliphatic heterocycles. The van der Waals surface area contributed by atoms with Crippen LogP contribution in [0.4, 0.5) is 4.39 Å². The molecule has 0 spiro atoms. The average molecular weight is 338 g/mol. The van der Waals surface area contributed by atoms with Crippen LogP contribution in [0.3, 0.4) is 0 Å². The Kier molecular flexibility index (Phi) is 4.86. The van der Waals surface area contributed by atoms with Crippen molar-refractivity contribution in [3.63, 3.8) is 0 Å². The van der Waals surface area contributed by atoms with Gasteiger partial charge in [-0.3, -0.25) is 0 Å². The lowest BCUT2D eigenvalue weighted by atomic mass is 9.66. The number of halogens is 2. The molecule has 0 radical (unpaired) electrons. The van der Waals surface area contributed by atoms with Crippen LogP contribution in [0, 0.1) is 34.4 Å². The smallest absolute Gasteiger partial charge is 0.126 e. The zero-order valence-corrected chi connectivity index (χ0v) is 13.7. The molecule has 1 aliphatic carbocycles. The minimum atomic E-state index is -0.382. The van der Waals surface area contributed by atoms with E-state index in [0.717, 1.165) is 30.2 Å². The molecule has 1 aromatic carbocycles. The van der Waals surface area contributed by atoms with Gasteiger partial charge >= 0.3 is 0 Å². The van der Waals surface area contributed by atoms with E-state index in [-0.39, 0.29) is 11.2 Å². The van der Waals surface area contributed by atoms with E-state index in [0.29, 0.717) is 23.8 Å². The minimum Gasteiger partial charge on any atom is -0.207 e. The van der Waals surface area contributed by atoms with E-state index >= 15 is 0 Å². The molecule has 0 atom stereocenters. The summed E-state index contributed by atoms with van der Waals surface area (Å²) in [5.74, 6) is 1.19. The summed E-state index contributed by atoms with van der Waals surface area (Å²) in [6, 6.07) is 7.48. The predicted molar refractivity (Wildman–Crippen MR) is 82.6 cm³/mol. The van der Waals surface area contributed by atoms with Gasteiger partial charge in [-0.25, -0.2) is 4.39 Å². The van der Waals surface area contributed by atoms with E-state index in [2.05, 4.69) is 35.8 Å². The van der Waals surface area contributed by atoms with Crippen LogP contribution in [0.1, 0.15) is 45.1 Å². The maximum Gasteiger partial charge on any atom is 0.126 e. The van der Waals surface area contributed by atoms with Gasteiger partial charge in [-0.1, -0.05) is 29.8 Å².